The Kier molecular flexibility index (Phi) is 5.65. The first-order valence-electron chi connectivity index (χ1n) is 9.23. The van der Waals surface area contributed by atoms with Crippen LogP contribution < -0.4 is 16.6 Å². The van der Waals surface area contributed by atoms with E-state index < -0.39 is 17.3 Å². The third-order valence-corrected chi connectivity index (χ3v) is 5.05. The molecule has 0 aliphatic carbocycles. The minimum atomic E-state index is -0.646. The van der Waals surface area contributed by atoms with Crippen molar-refractivity contribution in [2.75, 3.05) is 18.5 Å². The lowest BCUT2D eigenvalue weighted by atomic mass is 9.91. The number of nitriles is 1. The van der Waals surface area contributed by atoms with Crippen molar-refractivity contribution >= 4 is 5.82 Å². The normalized spacial score (nSPS) is 16.1. The Balaban J connectivity index is 2.09. The van der Waals surface area contributed by atoms with E-state index in [-0.39, 0.29) is 23.2 Å². The Morgan fingerprint density at radius 3 is 2.46 bits per heavy atom. The highest BCUT2D eigenvalue weighted by Gasteiger charge is 2.32. The monoisotopic (exact) mass is 388 g/mol. The number of rotatable bonds is 5. The van der Waals surface area contributed by atoms with E-state index >= 15 is 0 Å². The van der Waals surface area contributed by atoms with Crippen LogP contribution in [0.2, 0.25) is 0 Å². The van der Waals surface area contributed by atoms with Gasteiger partial charge in [0, 0.05) is 33.2 Å². The molecular weight excluding hydrogens is 364 g/mol. The van der Waals surface area contributed by atoms with Crippen LogP contribution in [0.3, 0.4) is 0 Å². The molecule has 3 rings (SSSR count). The largest absolute Gasteiger partial charge is 0.381 e. The molecular formula is C18H24N6O4. The van der Waals surface area contributed by atoms with Gasteiger partial charge in [0.25, 0.3) is 5.56 Å². The van der Waals surface area contributed by atoms with Crippen molar-refractivity contribution in [1.82, 2.24) is 19.3 Å². The van der Waals surface area contributed by atoms with Gasteiger partial charge >= 0.3 is 5.69 Å². The molecule has 0 aromatic carbocycles. The summed E-state index contributed by atoms with van der Waals surface area (Å²) in [6.45, 7) is 5.11. The van der Waals surface area contributed by atoms with Crippen LogP contribution in [0, 0.1) is 17.2 Å². The van der Waals surface area contributed by atoms with Crippen LogP contribution in [0.5, 0.6) is 0 Å². The van der Waals surface area contributed by atoms with Gasteiger partial charge in [0.1, 0.15) is 17.9 Å². The van der Waals surface area contributed by atoms with Gasteiger partial charge in [-0.3, -0.25) is 13.9 Å². The summed E-state index contributed by atoms with van der Waals surface area (Å²) in [6.07, 6.45) is 1.50. The Bertz CT molecular complexity index is 1010. The first-order chi connectivity index (χ1) is 13.3. The van der Waals surface area contributed by atoms with Gasteiger partial charge in [0.2, 0.25) is 5.89 Å². The van der Waals surface area contributed by atoms with Gasteiger partial charge in [-0.15, -0.1) is 0 Å². The van der Waals surface area contributed by atoms with Crippen LogP contribution >= 0.6 is 0 Å². The van der Waals surface area contributed by atoms with Crippen molar-refractivity contribution in [3.8, 4) is 6.07 Å². The summed E-state index contributed by atoms with van der Waals surface area (Å²) < 4.78 is 13.1. The Morgan fingerprint density at radius 1 is 1.21 bits per heavy atom. The van der Waals surface area contributed by atoms with Crippen molar-refractivity contribution < 1.29 is 9.26 Å². The van der Waals surface area contributed by atoms with Gasteiger partial charge in [0.15, 0.2) is 11.4 Å². The van der Waals surface area contributed by atoms with E-state index in [2.05, 4.69) is 15.5 Å². The molecule has 0 bridgehead atoms. The van der Waals surface area contributed by atoms with Crippen molar-refractivity contribution in [3.05, 3.63) is 38.1 Å². The lowest BCUT2D eigenvalue weighted by molar-refractivity contribution is 0.0570. The molecule has 0 radical (unpaired) electrons. The van der Waals surface area contributed by atoms with Crippen molar-refractivity contribution in [1.29, 1.82) is 5.26 Å². The van der Waals surface area contributed by atoms with Gasteiger partial charge < -0.3 is 14.6 Å². The molecule has 1 aliphatic rings. The maximum Gasteiger partial charge on any atom is 0.332 e. The Hall–Kier alpha value is -2.93. The highest BCUT2D eigenvalue weighted by molar-refractivity contribution is 5.52. The second-order valence-electron chi connectivity index (χ2n) is 7.26. The van der Waals surface area contributed by atoms with E-state index in [1.807, 2.05) is 19.9 Å². The van der Waals surface area contributed by atoms with E-state index in [9.17, 15) is 14.9 Å². The smallest absolute Gasteiger partial charge is 0.332 e. The maximum absolute atomic E-state index is 12.4. The highest BCUT2D eigenvalue weighted by Crippen LogP contribution is 2.33. The second-order valence-corrected chi connectivity index (χ2v) is 7.26. The van der Waals surface area contributed by atoms with Gasteiger partial charge in [-0.05, 0) is 18.8 Å². The lowest BCUT2D eigenvalue weighted by Crippen LogP contribution is -2.41. The maximum atomic E-state index is 12.4. The van der Waals surface area contributed by atoms with Crippen LogP contribution in [-0.4, -0.2) is 32.5 Å². The average Bonchev–Trinajstić information content (AvgIpc) is 3.19. The zero-order valence-corrected chi connectivity index (χ0v) is 16.4. The molecule has 2 aromatic heterocycles. The third kappa shape index (κ3) is 3.57. The topological polar surface area (TPSA) is 128 Å². The van der Waals surface area contributed by atoms with Crippen molar-refractivity contribution in [2.45, 2.75) is 38.6 Å². The number of aromatic nitrogens is 4. The fourth-order valence-corrected chi connectivity index (χ4v) is 3.30. The predicted octanol–water partition coefficient (Wildman–Crippen LogP) is 1.04. The fraction of sp³-hybridized carbons (Fsp3) is 0.611. The van der Waals surface area contributed by atoms with Crippen LogP contribution in [0.1, 0.15) is 55.9 Å². The molecule has 150 valence electrons. The molecule has 28 heavy (non-hydrogen) atoms. The zero-order chi connectivity index (χ0) is 20.4. The van der Waals surface area contributed by atoms with E-state index in [0.29, 0.717) is 24.9 Å². The van der Waals surface area contributed by atoms with E-state index in [1.54, 1.807) is 0 Å². The first-order valence-corrected chi connectivity index (χ1v) is 9.23. The standard InChI is InChI=1S/C18H24N6O4/c1-10(2)14-21-16(28-22-14)13(11-5-7-27-8-6-11)20-15-12(9-19)17(25)24(4)18(26)23(15)3/h10-11,13,20H,5-8H2,1-4H3/t13-/m1/s1. The molecule has 3 heterocycles. The van der Waals surface area contributed by atoms with Crippen molar-refractivity contribution in [2.24, 2.45) is 20.0 Å². The average molecular weight is 388 g/mol. The summed E-state index contributed by atoms with van der Waals surface area (Å²) in [7, 11) is 2.86. The summed E-state index contributed by atoms with van der Waals surface area (Å²) in [4.78, 5) is 29.3. The highest BCUT2D eigenvalue weighted by atomic mass is 16.5. The SMILES string of the molecule is CC(C)c1noc([C@H](Nc2c(C#N)c(=O)n(C)c(=O)n2C)C2CCOCC2)n1. The summed E-state index contributed by atoms with van der Waals surface area (Å²) in [5.41, 5.74) is -1.30. The summed E-state index contributed by atoms with van der Waals surface area (Å²) in [5.74, 6) is 1.27. The second kappa shape index (κ2) is 7.98. The van der Waals surface area contributed by atoms with Gasteiger partial charge in [-0.2, -0.15) is 10.2 Å². The minimum Gasteiger partial charge on any atom is -0.381 e. The van der Waals surface area contributed by atoms with E-state index in [0.717, 1.165) is 17.4 Å². The number of nitrogens with one attached hydrogen (secondary N) is 1. The number of hydrogen-bond acceptors (Lipinski definition) is 8. The molecule has 10 heteroatoms. The van der Waals surface area contributed by atoms with Crippen LogP contribution in [0.25, 0.3) is 0 Å². The molecule has 10 nitrogen and oxygen atoms in total. The third-order valence-electron chi connectivity index (χ3n) is 5.05. The van der Waals surface area contributed by atoms with Gasteiger partial charge in [0.05, 0.1) is 0 Å². The molecule has 2 aromatic rings. The number of hydrogen-bond donors (Lipinski definition) is 1. The summed E-state index contributed by atoms with van der Waals surface area (Å²) in [6, 6.07) is 1.46. The van der Waals surface area contributed by atoms with Crippen LogP contribution in [0.15, 0.2) is 14.1 Å². The van der Waals surface area contributed by atoms with E-state index in [4.69, 9.17) is 9.26 Å². The Labute approximate surface area is 161 Å². The molecule has 1 saturated heterocycles. The summed E-state index contributed by atoms with van der Waals surface area (Å²) in [5, 5.41) is 16.7. The van der Waals surface area contributed by atoms with Crippen LogP contribution in [-0.2, 0) is 18.8 Å². The molecule has 0 unspecified atom stereocenters. The number of anilines is 1. The first kappa shape index (κ1) is 19.8. The zero-order valence-electron chi connectivity index (χ0n) is 16.4. The number of nitrogens with zero attached hydrogens (tertiary/aromatic N) is 5. The Morgan fingerprint density at radius 2 is 1.89 bits per heavy atom. The quantitative estimate of drug-likeness (QED) is 0.805. The molecule has 1 fully saturated rings. The minimum absolute atomic E-state index is 0.0833. The molecule has 0 amide bonds. The van der Waals surface area contributed by atoms with E-state index in [1.165, 1.54) is 18.7 Å². The van der Waals surface area contributed by atoms with Crippen LogP contribution in [0.4, 0.5) is 5.82 Å². The molecule has 1 N–H and O–H groups in total. The van der Waals surface area contributed by atoms with Gasteiger partial charge in [-0.25, -0.2) is 4.79 Å². The predicted molar refractivity (Wildman–Crippen MR) is 99.9 cm³/mol. The molecule has 0 saturated carbocycles. The summed E-state index contributed by atoms with van der Waals surface area (Å²) >= 11 is 0. The molecule has 1 aliphatic heterocycles. The number of ether oxygens (including phenoxy) is 1. The lowest BCUT2D eigenvalue weighted by Gasteiger charge is -2.30. The fourth-order valence-electron chi connectivity index (χ4n) is 3.30. The van der Waals surface area contributed by atoms with Crippen molar-refractivity contribution in [3.63, 3.8) is 0 Å². The molecule has 1 atom stereocenters. The van der Waals surface area contributed by atoms with Gasteiger partial charge in [-0.1, -0.05) is 19.0 Å². The molecule has 0 spiro atoms.